The van der Waals surface area contributed by atoms with Gasteiger partial charge in [-0.05, 0) is 26.8 Å². The molecular formula is C14H16F3N5. The molecule has 3 N–H and O–H groups in total. The van der Waals surface area contributed by atoms with Gasteiger partial charge in [0.2, 0.25) is 11.9 Å². The zero-order chi connectivity index (χ0) is 16.5. The number of benzene rings is 1. The highest BCUT2D eigenvalue weighted by Crippen LogP contribution is 2.24. The van der Waals surface area contributed by atoms with E-state index in [-0.39, 0.29) is 23.3 Å². The maximum atomic E-state index is 13.9. The van der Waals surface area contributed by atoms with E-state index in [0.717, 1.165) is 12.1 Å². The summed E-state index contributed by atoms with van der Waals surface area (Å²) in [6.07, 6.45) is 0. The number of anilines is 2. The molecule has 1 unspecified atom stereocenters. The van der Waals surface area contributed by atoms with Gasteiger partial charge in [-0.2, -0.15) is 15.0 Å². The van der Waals surface area contributed by atoms with Gasteiger partial charge >= 0.3 is 0 Å². The van der Waals surface area contributed by atoms with Crippen LogP contribution in [0.4, 0.5) is 25.1 Å². The van der Waals surface area contributed by atoms with Crippen molar-refractivity contribution in [2.75, 3.05) is 11.1 Å². The number of nitrogens with two attached hydrogens (primary N) is 1. The first-order valence-electron chi connectivity index (χ1n) is 6.59. The molecule has 5 nitrogen and oxygen atoms in total. The first-order valence-corrected chi connectivity index (χ1v) is 6.59. The van der Waals surface area contributed by atoms with Crippen LogP contribution in [0.1, 0.15) is 38.2 Å². The van der Waals surface area contributed by atoms with Gasteiger partial charge in [0, 0.05) is 11.6 Å². The van der Waals surface area contributed by atoms with Gasteiger partial charge in [-0.25, -0.2) is 13.2 Å². The van der Waals surface area contributed by atoms with Crippen molar-refractivity contribution >= 4 is 11.9 Å². The van der Waals surface area contributed by atoms with Crippen LogP contribution in [0, 0.1) is 11.6 Å². The molecule has 0 radical (unpaired) electrons. The summed E-state index contributed by atoms with van der Waals surface area (Å²) < 4.78 is 40.6. The standard InChI is InChI=1S/C14H16F3N5/c1-7(9-5-4-8(15)6-10(9)16)19-13-21-11(14(2,3)17)20-12(18)22-13/h4-7H,1-3H3,(H3,18,19,20,21,22). The van der Waals surface area contributed by atoms with E-state index >= 15 is 0 Å². The summed E-state index contributed by atoms with van der Waals surface area (Å²) in [7, 11) is 0. The third kappa shape index (κ3) is 3.63. The van der Waals surface area contributed by atoms with Crippen molar-refractivity contribution in [1.82, 2.24) is 15.0 Å². The van der Waals surface area contributed by atoms with Gasteiger partial charge in [0.1, 0.15) is 11.6 Å². The Morgan fingerprint density at radius 3 is 2.45 bits per heavy atom. The molecule has 0 amide bonds. The van der Waals surface area contributed by atoms with Crippen LogP contribution < -0.4 is 11.1 Å². The smallest absolute Gasteiger partial charge is 0.228 e. The Bertz CT molecular complexity index is 685. The van der Waals surface area contributed by atoms with Gasteiger partial charge in [-0.15, -0.1) is 0 Å². The zero-order valence-corrected chi connectivity index (χ0v) is 12.4. The number of nitrogen functional groups attached to an aromatic ring is 1. The van der Waals surface area contributed by atoms with Crippen molar-refractivity contribution < 1.29 is 13.2 Å². The number of hydrogen-bond acceptors (Lipinski definition) is 5. The second-order valence-corrected chi connectivity index (χ2v) is 5.35. The van der Waals surface area contributed by atoms with Crippen LogP contribution in [-0.4, -0.2) is 15.0 Å². The molecule has 0 aliphatic heterocycles. The molecular weight excluding hydrogens is 295 g/mol. The third-order valence-corrected chi connectivity index (χ3v) is 2.96. The molecule has 0 fully saturated rings. The predicted molar refractivity (Wildman–Crippen MR) is 76.8 cm³/mol. The second kappa shape index (κ2) is 5.78. The molecule has 0 spiro atoms. The lowest BCUT2D eigenvalue weighted by atomic mass is 10.1. The van der Waals surface area contributed by atoms with Gasteiger partial charge in [0.25, 0.3) is 0 Å². The first kappa shape index (κ1) is 16.0. The summed E-state index contributed by atoms with van der Waals surface area (Å²) in [5.74, 6) is -1.63. The van der Waals surface area contributed by atoms with Crippen LogP contribution >= 0.6 is 0 Å². The summed E-state index contributed by atoms with van der Waals surface area (Å²) in [5, 5.41) is 2.80. The Kier molecular flexibility index (Phi) is 4.20. The molecule has 8 heteroatoms. The molecule has 1 aromatic carbocycles. The second-order valence-electron chi connectivity index (χ2n) is 5.35. The predicted octanol–water partition coefficient (Wildman–Crippen LogP) is 3.11. The maximum Gasteiger partial charge on any atom is 0.228 e. The minimum Gasteiger partial charge on any atom is -0.368 e. The van der Waals surface area contributed by atoms with Gasteiger partial charge in [0.05, 0.1) is 6.04 Å². The number of rotatable bonds is 4. The SMILES string of the molecule is CC(Nc1nc(N)nc(C(C)(C)F)n1)c1ccc(F)cc1F. The fourth-order valence-corrected chi connectivity index (χ4v) is 1.85. The molecule has 2 aromatic rings. The van der Waals surface area contributed by atoms with Crippen molar-refractivity contribution in [1.29, 1.82) is 0 Å². The Labute approximate surface area is 125 Å². The van der Waals surface area contributed by atoms with Crippen LogP contribution in [0.5, 0.6) is 0 Å². The minimum absolute atomic E-state index is 0.0180. The highest BCUT2D eigenvalue weighted by atomic mass is 19.1. The lowest BCUT2D eigenvalue weighted by molar-refractivity contribution is 0.206. The number of nitrogens with zero attached hydrogens (tertiary/aromatic N) is 3. The van der Waals surface area contributed by atoms with Crippen LogP contribution in [-0.2, 0) is 5.67 Å². The quantitative estimate of drug-likeness (QED) is 0.907. The summed E-state index contributed by atoms with van der Waals surface area (Å²) in [4.78, 5) is 11.5. The lowest BCUT2D eigenvalue weighted by Gasteiger charge is -2.17. The molecule has 0 saturated carbocycles. The van der Waals surface area contributed by atoms with E-state index in [0.29, 0.717) is 0 Å². The molecule has 1 heterocycles. The molecule has 118 valence electrons. The first-order chi connectivity index (χ1) is 10.2. The monoisotopic (exact) mass is 311 g/mol. The van der Waals surface area contributed by atoms with E-state index in [4.69, 9.17) is 5.73 Å². The van der Waals surface area contributed by atoms with Gasteiger partial charge in [0.15, 0.2) is 11.5 Å². The van der Waals surface area contributed by atoms with Crippen molar-refractivity contribution in [3.8, 4) is 0 Å². The Balaban J connectivity index is 2.28. The molecule has 0 saturated heterocycles. The van der Waals surface area contributed by atoms with Gasteiger partial charge in [-0.1, -0.05) is 6.07 Å². The van der Waals surface area contributed by atoms with Crippen LogP contribution in [0.3, 0.4) is 0 Å². The Morgan fingerprint density at radius 2 is 1.86 bits per heavy atom. The Morgan fingerprint density at radius 1 is 1.18 bits per heavy atom. The third-order valence-electron chi connectivity index (χ3n) is 2.96. The zero-order valence-electron chi connectivity index (χ0n) is 12.4. The normalized spacial score (nSPS) is 13.0. The Hall–Kier alpha value is -2.38. The van der Waals surface area contributed by atoms with Crippen LogP contribution in [0.15, 0.2) is 18.2 Å². The summed E-state index contributed by atoms with van der Waals surface area (Å²) >= 11 is 0. The molecule has 1 aromatic heterocycles. The maximum absolute atomic E-state index is 13.9. The van der Waals surface area contributed by atoms with Crippen LogP contribution in [0.2, 0.25) is 0 Å². The van der Waals surface area contributed by atoms with Gasteiger partial charge in [-0.3, -0.25) is 0 Å². The largest absolute Gasteiger partial charge is 0.368 e. The fourth-order valence-electron chi connectivity index (χ4n) is 1.85. The summed E-state index contributed by atoms with van der Waals surface area (Å²) in [6.45, 7) is 4.21. The number of halogens is 3. The average Bonchev–Trinajstić information content (AvgIpc) is 2.36. The summed E-state index contributed by atoms with van der Waals surface area (Å²) in [5.41, 5.74) is 3.96. The number of nitrogens with one attached hydrogen (secondary N) is 1. The molecule has 0 aliphatic carbocycles. The lowest BCUT2D eigenvalue weighted by Crippen LogP contribution is -2.19. The molecule has 1 atom stereocenters. The topological polar surface area (TPSA) is 76.7 Å². The summed E-state index contributed by atoms with van der Waals surface area (Å²) in [6, 6.07) is 2.67. The molecule has 0 bridgehead atoms. The molecule has 0 aliphatic rings. The highest BCUT2D eigenvalue weighted by Gasteiger charge is 2.24. The van der Waals surface area contributed by atoms with Crippen molar-refractivity contribution in [2.24, 2.45) is 0 Å². The van der Waals surface area contributed by atoms with Crippen molar-refractivity contribution in [3.63, 3.8) is 0 Å². The minimum atomic E-state index is -1.79. The van der Waals surface area contributed by atoms with E-state index in [1.165, 1.54) is 19.9 Å². The van der Waals surface area contributed by atoms with Crippen LogP contribution in [0.25, 0.3) is 0 Å². The fraction of sp³-hybridized carbons (Fsp3) is 0.357. The van der Waals surface area contributed by atoms with Crippen molar-refractivity contribution in [2.45, 2.75) is 32.5 Å². The van der Waals surface area contributed by atoms with Crippen molar-refractivity contribution in [3.05, 3.63) is 41.2 Å². The van der Waals surface area contributed by atoms with E-state index in [2.05, 4.69) is 20.3 Å². The number of alkyl halides is 1. The number of hydrogen-bond donors (Lipinski definition) is 2. The van der Waals surface area contributed by atoms with E-state index in [9.17, 15) is 13.2 Å². The van der Waals surface area contributed by atoms with E-state index < -0.39 is 23.3 Å². The molecule has 2 rings (SSSR count). The average molecular weight is 311 g/mol. The number of aromatic nitrogens is 3. The van der Waals surface area contributed by atoms with Gasteiger partial charge < -0.3 is 11.1 Å². The van der Waals surface area contributed by atoms with E-state index in [1.54, 1.807) is 6.92 Å². The highest BCUT2D eigenvalue weighted by molar-refractivity contribution is 5.36. The van der Waals surface area contributed by atoms with E-state index in [1.807, 2.05) is 0 Å². The molecule has 22 heavy (non-hydrogen) atoms.